The molecule has 0 fully saturated rings. The van der Waals surface area contributed by atoms with E-state index in [0.29, 0.717) is 0 Å². The molecule has 0 aliphatic rings. The molecule has 0 bridgehead atoms. The largest absolute Gasteiger partial charge is 0.0856 e. The van der Waals surface area contributed by atoms with Crippen molar-refractivity contribution in [1.82, 2.24) is 0 Å². The van der Waals surface area contributed by atoms with Crippen molar-refractivity contribution in [3.63, 3.8) is 0 Å². The van der Waals surface area contributed by atoms with Gasteiger partial charge in [-0.05, 0) is 38.0 Å². The molecule has 2 atom stereocenters. The molecule has 20 heavy (non-hydrogen) atoms. The van der Waals surface area contributed by atoms with Crippen LogP contribution in [0.5, 0.6) is 0 Å². The quantitative estimate of drug-likeness (QED) is 0.306. The van der Waals surface area contributed by atoms with Crippen molar-refractivity contribution in [2.75, 3.05) is 0 Å². The maximum absolute atomic E-state index is 2.53. The zero-order valence-corrected chi connectivity index (χ0v) is 15.0. The third kappa shape index (κ3) is 10.5. The predicted octanol–water partition coefficient (Wildman–Crippen LogP) is 7.54. The minimum absolute atomic E-state index is 0.924. The number of hydrogen-bond acceptors (Lipinski definition) is 0. The lowest BCUT2D eigenvalue weighted by atomic mass is 9.90. The maximum atomic E-state index is 2.53. The first kappa shape index (κ1) is 19.7. The molecular weight excluding hydrogens is 240 g/mol. The summed E-state index contributed by atoms with van der Waals surface area (Å²) in [5, 5.41) is 0. The molecule has 0 heterocycles. The second kappa shape index (κ2) is 13.7. The summed E-state index contributed by atoms with van der Waals surface area (Å²) in [7, 11) is 0. The molecule has 0 rings (SSSR count). The molecule has 0 amide bonds. The molecule has 0 radical (unpaired) electrons. The van der Waals surface area contributed by atoms with Gasteiger partial charge in [0.05, 0.1) is 0 Å². The Morgan fingerprint density at radius 1 is 0.800 bits per heavy atom. The maximum Gasteiger partial charge on any atom is -0.0295 e. The van der Waals surface area contributed by atoms with Crippen molar-refractivity contribution in [2.24, 2.45) is 11.8 Å². The smallest absolute Gasteiger partial charge is 0.0295 e. The van der Waals surface area contributed by atoms with Gasteiger partial charge in [0, 0.05) is 0 Å². The van der Waals surface area contributed by atoms with Crippen LogP contribution in [0.1, 0.15) is 105 Å². The summed E-state index contributed by atoms with van der Waals surface area (Å²) in [4.78, 5) is 0. The molecule has 0 aromatic heterocycles. The average Bonchev–Trinajstić information content (AvgIpc) is 2.46. The standard InChI is InChI=1S/C20H40/c1-6-10-14-19(8-3)16-12-13-18(5)17-20(9-4)15-11-7-2/h13,19-20H,6-12,14-17H2,1-5H3. The Hall–Kier alpha value is -0.260. The van der Waals surface area contributed by atoms with Gasteiger partial charge >= 0.3 is 0 Å². The molecule has 0 saturated heterocycles. The molecular formula is C20H40. The topological polar surface area (TPSA) is 0 Å². The molecule has 0 saturated carbocycles. The van der Waals surface area contributed by atoms with Crippen LogP contribution in [-0.4, -0.2) is 0 Å². The first-order valence-electron chi connectivity index (χ1n) is 9.33. The van der Waals surface area contributed by atoms with Crippen LogP contribution in [0.4, 0.5) is 0 Å². The summed E-state index contributed by atoms with van der Waals surface area (Å²) in [6.45, 7) is 11.7. The Bertz CT molecular complexity index is 226. The van der Waals surface area contributed by atoms with Gasteiger partial charge in [-0.1, -0.05) is 90.7 Å². The monoisotopic (exact) mass is 280 g/mol. The van der Waals surface area contributed by atoms with Crippen molar-refractivity contribution in [3.05, 3.63) is 11.6 Å². The highest BCUT2D eigenvalue weighted by Crippen LogP contribution is 2.23. The molecule has 2 unspecified atom stereocenters. The third-order valence-electron chi connectivity index (χ3n) is 4.76. The fraction of sp³-hybridized carbons (Fsp3) is 0.900. The van der Waals surface area contributed by atoms with E-state index in [1.165, 1.54) is 70.6 Å². The molecule has 0 spiro atoms. The molecule has 0 heteroatoms. The van der Waals surface area contributed by atoms with Crippen molar-refractivity contribution in [3.8, 4) is 0 Å². The highest BCUT2D eigenvalue weighted by atomic mass is 14.1. The van der Waals surface area contributed by atoms with Crippen LogP contribution in [-0.2, 0) is 0 Å². The van der Waals surface area contributed by atoms with Crippen LogP contribution in [0.15, 0.2) is 11.6 Å². The third-order valence-corrected chi connectivity index (χ3v) is 4.76. The summed E-state index contributed by atoms with van der Waals surface area (Å²) in [5.74, 6) is 1.88. The molecule has 0 N–H and O–H groups in total. The Morgan fingerprint density at radius 3 is 1.85 bits per heavy atom. The Morgan fingerprint density at radius 2 is 1.35 bits per heavy atom. The number of hydrogen-bond donors (Lipinski definition) is 0. The highest BCUT2D eigenvalue weighted by molar-refractivity contribution is 4.99. The fourth-order valence-electron chi connectivity index (χ4n) is 3.09. The summed E-state index contributed by atoms with van der Waals surface area (Å²) < 4.78 is 0. The molecule has 0 aliphatic carbocycles. The van der Waals surface area contributed by atoms with Crippen LogP contribution >= 0.6 is 0 Å². The van der Waals surface area contributed by atoms with Gasteiger partial charge in [0.2, 0.25) is 0 Å². The minimum Gasteiger partial charge on any atom is -0.0856 e. The summed E-state index contributed by atoms with van der Waals surface area (Å²) in [5.41, 5.74) is 1.64. The van der Waals surface area contributed by atoms with E-state index >= 15 is 0 Å². The molecule has 0 aliphatic heterocycles. The van der Waals surface area contributed by atoms with E-state index in [1.807, 2.05) is 0 Å². The normalized spacial score (nSPS) is 15.3. The van der Waals surface area contributed by atoms with Crippen LogP contribution in [0.3, 0.4) is 0 Å². The van der Waals surface area contributed by atoms with E-state index < -0.39 is 0 Å². The Balaban J connectivity index is 3.97. The predicted molar refractivity (Wildman–Crippen MR) is 94.2 cm³/mol. The van der Waals surface area contributed by atoms with Gasteiger partial charge < -0.3 is 0 Å². The van der Waals surface area contributed by atoms with E-state index in [2.05, 4.69) is 40.7 Å². The van der Waals surface area contributed by atoms with Crippen molar-refractivity contribution in [1.29, 1.82) is 0 Å². The fourth-order valence-corrected chi connectivity index (χ4v) is 3.09. The zero-order valence-electron chi connectivity index (χ0n) is 15.0. The SMILES string of the molecule is CCCCC(CC)CCC=C(C)CC(CC)CCCC. The molecule has 0 nitrogen and oxygen atoms in total. The first-order chi connectivity index (χ1) is 9.67. The number of rotatable bonds is 13. The van der Waals surface area contributed by atoms with Gasteiger partial charge in [-0.15, -0.1) is 0 Å². The minimum atomic E-state index is 0.924. The van der Waals surface area contributed by atoms with Crippen LogP contribution in [0.25, 0.3) is 0 Å². The van der Waals surface area contributed by atoms with Crippen molar-refractivity contribution >= 4 is 0 Å². The first-order valence-corrected chi connectivity index (χ1v) is 9.33. The second-order valence-corrected chi connectivity index (χ2v) is 6.66. The van der Waals surface area contributed by atoms with Crippen LogP contribution in [0, 0.1) is 11.8 Å². The zero-order chi connectivity index (χ0) is 15.2. The Kier molecular flexibility index (Phi) is 13.5. The van der Waals surface area contributed by atoms with Crippen molar-refractivity contribution in [2.45, 2.75) is 105 Å². The molecule has 120 valence electrons. The van der Waals surface area contributed by atoms with E-state index in [9.17, 15) is 0 Å². The lowest BCUT2D eigenvalue weighted by Crippen LogP contribution is -2.00. The van der Waals surface area contributed by atoms with E-state index in [1.54, 1.807) is 5.57 Å². The van der Waals surface area contributed by atoms with Crippen molar-refractivity contribution < 1.29 is 0 Å². The van der Waals surface area contributed by atoms with Gasteiger partial charge in [0.25, 0.3) is 0 Å². The van der Waals surface area contributed by atoms with Crippen LogP contribution < -0.4 is 0 Å². The van der Waals surface area contributed by atoms with Gasteiger partial charge in [0.15, 0.2) is 0 Å². The Labute approximate surface area is 129 Å². The van der Waals surface area contributed by atoms with E-state index in [0.717, 1.165) is 11.8 Å². The lowest BCUT2D eigenvalue weighted by molar-refractivity contribution is 0.422. The van der Waals surface area contributed by atoms with Gasteiger partial charge in [-0.2, -0.15) is 0 Å². The lowest BCUT2D eigenvalue weighted by Gasteiger charge is -2.16. The van der Waals surface area contributed by atoms with Crippen LogP contribution in [0.2, 0.25) is 0 Å². The van der Waals surface area contributed by atoms with Gasteiger partial charge in [-0.25, -0.2) is 0 Å². The summed E-state index contributed by atoms with van der Waals surface area (Å²) >= 11 is 0. The summed E-state index contributed by atoms with van der Waals surface area (Å²) in [6, 6.07) is 0. The van der Waals surface area contributed by atoms with Gasteiger partial charge in [0.1, 0.15) is 0 Å². The molecule has 0 aromatic rings. The second-order valence-electron chi connectivity index (χ2n) is 6.66. The summed E-state index contributed by atoms with van der Waals surface area (Å²) in [6.07, 6.45) is 17.6. The van der Waals surface area contributed by atoms with E-state index in [-0.39, 0.29) is 0 Å². The van der Waals surface area contributed by atoms with Gasteiger partial charge in [-0.3, -0.25) is 0 Å². The highest BCUT2D eigenvalue weighted by Gasteiger charge is 2.07. The average molecular weight is 281 g/mol. The molecule has 0 aromatic carbocycles. The van der Waals surface area contributed by atoms with E-state index in [4.69, 9.17) is 0 Å². The number of unbranched alkanes of at least 4 members (excludes halogenated alkanes) is 2. The number of allylic oxidation sites excluding steroid dienone is 2.